The van der Waals surface area contributed by atoms with Crippen molar-refractivity contribution >= 4 is 53.0 Å². The predicted octanol–water partition coefficient (Wildman–Crippen LogP) is 2.71. The summed E-state index contributed by atoms with van der Waals surface area (Å²) in [5, 5.41) is 0. The van der Waals surface area contributed by atoms with Gasteiger partial charge in [-0.25, -0.2) is 29.8 Å². The summed E-state index contributed by atoms with van der Waals surface area (Å²) in [5.41, 5.74) is 3.30. The molecule has 46 heavy (non-hydrogen) atoms. The molecule has 0 heterocycles. The van der Waals surface area contributed by atoms with Crippen LogP contribution >= 0.6 is 0 Å². The molecule has 0 bridgehead atoms. The molecule has 3 aromatic carbocycles. The highest BCUT2D eigenvalue weighted by Crippen LogP contribution is 2.36. The van der Waals surface area contributed by atoms with Crippen LogP contribution in [-0.2, 0) is 36.9 Å². The van der Waals surface area contributed by atoms with Crippen LogP contribution in [-0.4, -0.2) is 84.4 Å². The first kappa shape index (κ1) is 34.7. The van der Waals surface area contributed by atoms with Gasteiger partial charge in [-0.1, -0.05) is 30.3 Å². The molecule has 0 saturated carbocycles. The number of allylic oxidation sites excluding steroid dienone is 5. The van der Waals surface area contributed by atoms with Gasteiger partial charge >= 0.3 is 0 Å². The Morgan fingerprint density at radius 2 is 1.30 bits per heavy atom. The maximum atomic E-state index is 12.3. The Balaban J connectivity index is 1.86. The molecule has 0 radical (unpaired) electrons. The van der Waals surface area contributed by atoms with E-state index in [1.54, 1.807) is 83.8 Å². The van der Waals surface area contributed by atoms with E-state index in [4.69, 9.17) is 0 Å². The second kappa shape index (κ2) is 12.9. The predicted molar refractivity (Wildman–Crippen MR) is 172 cm³/mol. The summed E-state index contributed by atoms with van der Waals surface area (Å²) < 4.78 is 109. The van der Waals surface area contributed by atoms with Gasteiger partial charge < -0.3 is 23.5 Å². The normalized spacial score (nSPS) is 15.0. The van der Waals surface area contributed by atoms with Crippen molar-refractivity contribution in [3.8, 4) is 0 Å². The molecule has 0 atom stereocenters. The van der Waals surface area contributed by atoms with Gasteiger partial charge in [0.05, 0.1) is 15.5 Å². The van der Waals surface area contributed by atoms with E-state index in [1.165, 1.54) is 45.9 Å². The summed E-state index contributed by atoms with van der Waals surface area (Å²) in [5.74, 6) is 0. The fraction of sp³-hybridized carbons (Fsp3) is 0.194. The van der Waals surface area contributed by atoms with Crippen LogP contribution in [0.25, 0.3) is 5.57 Å². The van der Waals surface area contributed by atoms with Crippen molar-refractivity contribution < 1.29 is 43.5 Å². The number of anilines is 2. The summed E-state index contributed by atoms with van der Waals surface area (Å²) in [6.07, 6.45) is 4.31. The van der Waals surface area contributed by atoms with Gasteiger partial charge in [0.25, 0.3) is 0 Å². The average molecular weight is 686 g/mol. The molecule has 12 nitrogen and oxygen atoms in total. The molecule has 0 unspecified atom stereocenters. The van der Waals surface area contributed by atoms with Crippen LogP contribution in [0.2, 0.25) is 0 Å². The van der Waals surface area contributed by atoms with Gasteiger partial charge in [0.1, 0.15) is 49.4 Å². The molecular weight excluding hydrogens is 655 g/mol. The zero-order chi connectivity index (χ0) is 34.2. The SMILES string of the molecule is CN(C)c1ccc(C(=C2C=CC(=[N+](C)C)C(S(=O)(=O)[O-])=C2)c2ccc(N(C)Cc3ccc(S(=O)(=O)[O-])cc3)cc2)cc1S(=O)(=O)[O-]. The fourth-order valence-electron chi connectivity index (χ4n) is 4.99. The molecule has 15 heteroatoms. The van der Waals surface area contributed by atoms with E-state index in [1.807, 2.05) is 4.90 Å². The molecule has 0 aromatic heterocycles. The number of hydrogen-bond acceptors (Lipinski definition) is 11. The van der Waals surface area contributed by atoms with Crippen LogP contribution in [0.4, 0.5) is 11.4 Å². The van der Waals surface area contributed by atoms with E-state index < -0.39 is 40.2 Å². The highest BCUT2D eigenvalue weighted by Gasteiger charge is 2.25. The van der Waals surface area contributed by atoms with E-state index >= 15 is 0 Å². The maximum Gasteiger partial charge on any atom is 0.217 e. The Morgan fingerprint density at radius 3 is 1.80 bits per heavy atom. The highest BCUT2D eigenvalue weighted by molar-refractivity contribution is 7.90. The first-order valence-corrected chi connectivity index (χ1v) is 17.8. The number of hydrogen-bond donors (Lipinski definition) is 0. The van der Waals surface area contributed by atoms with E-state index in [0.29, 0.717) is 28.8 Å². The molecule has 0 aliphatic heterocycles. The zero-order valence-corrected chi connectivity index (χ0v) is 28.0. The Hall–Kier alpha value is -4.12. The largest absolute Gasteiger partial charge is 0.744 e. The van der Waals surface area contributed by atoms with Crippen molar-refractivity contribution in [2.75, 3.05) is 45.0 Å². The summed E-state index contributed by atoms with van der Waals surface area (Å²) in [6, 6.07) is 16.9. The lowest BCUT2D eigenvalue weighted by Crippen LogP contribution is -2.22. The summed E-state index contributed by atoms with van der Waals surface area (Å²) >= 11 is 0. The van der Waals surface area contributed by atoms with E-state index in [-0.39, 0.29) is 16.3 Å². The molecule has 1 aliphatic rings. The molecule has 0 spiro atoms. The topological polar surface area (TPSA) is 181 Å². The third-order valence-corrected chi connectivity index (χ3v) is 9.81. The molecular formula is C31H31N3O9S3-2. The monoisotopic (exact) mass is 685 g/mol. The minimum atomic E-state index is -4.92. The zero-order valence-electron chi connectivity index (χ0n) is 25.5. The molecule has 3 aromatic rings. The van der Waals surface area contributed by atoms with Gasteiger partial charge in [-0.05, 0) is 76.4 Å². The van der Waals surface area contributed by atoms with Crippen LogP contribution < -0.4 is 9.80 Å². The average Bonchev–Trinajstić information content (AvgIpc) is 2.96. The van der Waals surface area contributed by atoms with Gasteiger partial charge in [0.15, 0.2) is 0 Å². The Kier molecular flexibility index (Phi) is 9.78. The van der Waals surface area contributed by atoms with E-state index in [9.17, 15) is 38.9 Å². The van der Waals surface area contributed by atoms with Crippen molar-refractivity contribution in [1.82, 2.24) is 0 Å². The van der Waals surface area contributed by atoms with Crippen LogP contribution in [0.1, 0.15) is 16.7 Å². The van der Waals surface area contributed by atoms with Crippen molar-refractivity contribution in [2.45, 2.75) is 16.3 Å². The lowest BCUT2D eigenvalue weighted by Gasteiger charge is -2.23. The quantitative estimate of drug-likeness (QED) is 0.239. The van der Waals surface area contributed by atoms with Gasteiger partial charge in [0.2, 0.25) is 5.71 Å². The van der Waals surface area contributed by atoms with Crippen LogP contribution in [0.3, 0.4) is 0 Å². The molecule has 0 N–H and O–H groups in total. The summed E-state index contributed by atoms with van der Waals surface area (Å²) in [4.78, 5) is 2.08. The summed E-state index contributed by atoms with van der Waals surface area (Å²) in [6.45, 7) is 0.364. The first-order valence-electron chi connectivity index (χ1n) is 13.6. The van der Waals surface area contributed by atoms with Crippen LogP contribution in [0, 0.1) is 0 Å². The van der Waals surface area contributed by atoms with Crippen molar-refractivity contribution in [1.29, 1.82) is 0 Å². The Labute approximate surface area is 269 Å². The molecule has 1 aliphatic carbocycles. The number of rotatable bonds is 9. The lowest BCUT2D eigenvalue weighted by atomic mass is 9.90. The van der Waals surface area contributed by atoms with E-state index in [0.717, 1.165) is 11.3 Å². The second-order valence-electron chi connectivity index (χ2n) is 10.9. The summed E-state index contributed by atoms with van der Waals surface area (Å²) in [7, 11) is -6.24. The van der Waals surface area contributed by atoms with Gasteiger partial charge in [-0.3, -0.25) is 0 Å². The second-order valence-corrected chi connectivity index (χ2v) is 15.0. The van der Waals surface area contributed by atoms with Gasteiger partial charge in [0, 0.05) is 39.5 Å². The van der Waals surface area contributed by atoms with E-state index in [2.05, 4.69) is 0 Å². The maximum absolute atomic E-state index is 12.3. The van der Waals surface area contributed by atoms with Crippen molar-refractivity contribution in [2.24, 2.45) is 0 Å². The highest BCUT2D eigenvalue weighted by atomic mass is 32.2. The molecule has 0 fully saturated rings. The molecule has 0 saturated heterocycles. The van der Waals surface area contributed by atoms with Crippen LogP contribution in [0.15, 0.2) is 105 Å². The van der Waals surface area contributed by atoms with Crippen molar-refractivity contribution in [3.05, 3.63) is 112 Å². The minimum absolute atomic E-state index is 0.168. The Bertz CT molecular complexity index is 2130. The lowest BCUT2D eigenvalue weighted by molar-refractivity contribution is -0.462. The smallest absolute Gasteiger partial charge is 0.217 e. The molecule has 0 amide bonds. The third kappa shape index (κ3) is 7.81. The van der Waals surface area contributed by atoms with Crippen molar-refractivity contribution in [3.63, 3.8) is 0 Å². The minimum Gasteiger partial charge on any atom is -0.744 e. The fourth-order valence-corrected chi connectivity index (χ4v) is 7.01. The van der Waals surface area contributed by atoms with Gasteiger partial charge in [-0.15, -0.1) is 0 Å². The Morgan fingerprint density at radius 1 is 0.717 bits per heavy atom. The number of benzene rings is 3. The van der Waals surface area contributed by atoms with Gasteiger partial charge in [-0.2, -0.15) is 0 Å². The first-order chi connectivity index (χ1) is 21.3. The molecule has 4 rings (SSSR count). The third-order valence-electron chi connectivity index (χ3n) is 7.23. The van der Waals surface area contributed by atoms with Crippen LogP contribution in [0.5, 0.6) is 0 Å². The standard InChI is InChI=1S/C31H33N3O9S3/c1-32(2)27-16-10-23(18-29(27)45(38,39)40)31(24-11-17-28(33(3)4)30(19-24)46(41,42)43)22-8-12-25(13-9-22)34(5)20-21-6-14-26(15-7-21)44(35,36)37/h6-19H,20H2,1-5H3,(H2-,35,36,37,38,39,40,41,42,43)/p-2. The number of nitrogens with zero attached hydrogens (tertiary/aromatic N) is 3. The molecule has 244 valence electrons.